The van der Waals surface area contributed by atoms with E-state index in [1.54, 1.807) is 10.7 Å². The number of fused-ring (bicyclic) bond motifs is 1. The van der Waals surface area contributed by atoms with Crippen LogP contribution < -0.4 is 10.6 Å². The molecule has 2 N–H and O–H groups in total. The molecule has 2 aromatic rings. The van der Waals surface area contributed by atoms with Gasteiger partial charge in [0, 0.05) is 37.6 Å². The predicted octanol–water partition coefficient (Wildman–Crippen LogP) is 1.93. The van der Waals surface area contributed by atoms with E-state index in [0.717, 1.165) is 29.9 Å². The zero-order valence-corrected chi connectivity index (χ0v) is 11.8. The SMILES string of the molecule is Cc1nn(C)cc1C(CN)N1CCc2ccc(F)cc21. The van der Waals surface area contributed by atoms with Crippen LogP contribution >= 0.6 is 0 Å². The van der Waals surface area contributed by atoms with Gasteiger partial charge in [0.15, 0.2) is 0 Å². The Morgan fingerprint density at radius 2 is 2.25 bits per heavy atom. The highest BCUT2D eigenvalue weighted by Crippen LogP contribution is 2.35. The van der Waals surface area contributed by atoms with Crippen LogP contribution in [0.15, 0.2) is 24.4 Å². The molecule has 3 rings (SSSR count). The molecule has 106 valence electrons. The molecule has 0 bridgehead atoms. The summed E-state index contributed by atoms with van der Waals surface area (Å²) in [6.07, 6.45) is 2.94. The zero-order chi connectivity index (χ0) is 14.3. The minimum absolute atomic E-state index is 0.0479. The van der Waals surface area contributed by atoms with Gasteiger partial charge in [0.25, 0.3) is 0 Å². The Labute approximate surface area is 118 Å². The van der Waals surface area contributed by atoms with Gasteiger partial charge in [-0.2, -0.15) is 5.10 Å². The number of anilines is 1. The molecule has 1 aliphatic heterocycles. The van der Waals surface area contributed by atoms with E-state index in [1.165, 1.54) is 11.6 Å². The summed E-state index contributed by atoms with van der Waals surface area (Å²) in [5, 5.41) is 4.39. The van der Waals surface area contributed by atoms with Crippen molar-refractivity contribution in [2.45, 2.75) is 19.4 Å². The highest BCUT2D eigenvalue weighted by atomic mass is 19.1. The Morgan fingerprint density at radius 1 is 1.45 bits per heavy atom. The summed E-state index contributed by atoms with van der Waals surface area (Å²) >= 11 is 0. The number of rotatable bonds is 3. The van der Waals surface area contributed by atoms with Crippen LogP contribution in [0.25, 0.3) is 0 Å². The lowest BCUT2D eigenvalue weighted by atomic mass is 10.1. The molecule has 0 aliphatic carbocycles. The second-order valence-corrected chi connectivity index (χ2v) is 5.31. The van der Waals surface area contributed by atoms with E-state index in [-0.39, 0.29) is 11.9 Å². The zero-order valence-electron chi connectivity index (χ0n) is 11.8. The normalized spacial score (nSPS) is 15.5. The average molecular weight is 274 g/mol. The smallest absolute Gasteiger partial charge is 0.125 e. The molecule has 0 spiro atoms. The fraction of sp³-hybridized carbons (Fsp3) is 0.400. The van der Waals surface area contributed by atoms with Gasteiger partial charge in [0.2, 0.25) is 0 Å². The summed E-state index contributed by atoms with van der Waals surface area (Å²) in [5.74, 6) is -0.200. The third kappa shape index (κ3) is 2.08. The molecule has 0 saturated heterocycles. The number of benzene rings is 1. The lowest BCUT2D eigenvalue weighted by molar-refractivity contribution is 0.620. The lowest BCUT2D eigenvalue weighted by Gasteiger charge is -2.29. The minimum atomic E-state index is -0.200. The molecule has 0 saturated carbocycles. The molecular weight excluding hydrogens is 255 g/mol. The van der Waals surface area contributed by atoms with Crippen molar-refractivity contribution in [2.75, 3.05) is 18.0 Å². The summed E-state index contributed by atoms with van der Waals surface area (Å²) in [5.41, 5.74) is 10.2. The molecule has 0 amide bonds. The van der Waals surface area contributed by atoms with Crippen molar-refractivity contribution in [3.63, 3.8) is 0 Å². The fourth-order valence-electron chi connectivity index (χ4n) is 3.07. The second kappa shape index (κ2) is 4.90. The minimum Gasteiger partial charge on any atom is -0.362 e. The number of hydrogen-bond acceptors (Lipinski definition) is 3. The van der Waals surface area contributed by atoms with Gasteiger partial charge in [-0.15, -0.1) is 0 Å². The Balaban J connectivity index is 2.00. The van der Waals surface area contributed by atoms with Crippen LogP contribution in [0.2, 0.25) is 0 Å². The topological polar surface area (TPSA) is 47.1 Å². The maximum atomic E-state index is 13.5. The van der Waals surface area contributed by atoms with Crippen molar-refractivity contribution in [3.8, 4) is 0 Å². The van der Waals surface area contributed by atoms with Crippen LogP contribution in [0.1, 0.15) is 22.9 Å². The number of nitrogens with two attached hydrogens (primary N) is 1. The van der Waals surface area contributed by atoms with E-state index in [9.17, 15) is 4.39 Å². The van der Waals surface area contributed by atoms with Crippen LogP contribution in [0.5, 0.6) is 0 Å². The van der Waals surface area contributed by atoms with E-state index in [2.05, 4.69) is 10.00 Å². The van der Waals surface area contributed by atoms with Gasteiger partial charge in [-0.3, -0.25) is 4.68 Å². The van der Waals surface area contributed by atoms with Crippen molar-refractivity contribution in [3.05, 3.63) is 47.0 Å². The summed E-state index contributed by atoms with van der Waals surface area (Å²) < 4.78 is 15.3. The largest absolute Gasteiger partial charge is 0.362 e. The quantitative estimate of drug-likeness (QED) is 0.930. The molecule has 2 heterocycles. The van der Waals surface area contributed by atoms with Crippen molar-refractivity contribution < 1.29 is 4.39 Å². The van der Waals surface area contributed by atoms with Gasteiger partial charge in [-0.05, 0) is 31.0 Å². The molecule has 4 nitrogen and oxygen atoms in total. The van der Waals surface area contributed by atoms with Gasteiger partial charge >= 0.3 is 0 Å². The van der Waals surface area contributed by atoms with Gasteiger partial charge in [0.1, 0.15) is 5.82 Å². The Morgan fingerprint density at radius 3 is 2.90 bits per heavy atom. The molecule has 1 atom stereocenters. The van der Waals surface area contributed by atoms with Crippen molar-refractivity contribution >= 4 is 5.69 Å². The van der Waals surface area contributed by atoms with E-state index in [0.29, 0.717) is 6.54 Å². The maximum absolute atomic E-state index is 13.5. The summed E-state index contributed by atoms with van der Waals surface area (Å²) in [7, 11) is 1.90. The maximum Gasteiger partial charge on any atom is 0.125 e. The van der Waals surface area contributed by atoms with E-state index >= 15 is 0 Å². The van der Waals surface area contributed by atoms with Gasteiger partial charge in [-0.25, -0.2) is 4.39 Å². The van der Waals surface area contributed by atoms with Crippen molar-refractivity contribution in [2.24, 2.45) is 12.8 Å². The molecule has 20 heavy (non-hydrogen) atoms. The molecule has 1 unspecified atom stereocenters. The average Bonchev–Trinajstić information content (AvgIpc) is 2.95. The number of halogens is 1. The van der Waals surface area contributed by atoms with Gasteiger partial charge in [0.05, 0.1) is 11.7 Å². The summed E-state index contributed by atoms with van der Waals surface area (Å²) in [4.78, 5) is 2.20. The first-order chi connectivity index (χ1) is 9.60. The monoisotopic (exact) mass is 274 g/mol. The molecular formula is C15H19FN4. The van der Waals surface area contributed by atoms with Gasteiger partial charge < -0.3 is 10.6 Å². The van der Waals surface area contributed by atoms with E-state index in [4.69, 9.17) is 5.73 Å². The molecule has 1 aromatic heterocycles. The molecule has 1 aromatic carbocycles. The van der Waals surface area contributed by atoms with Crippen LogP contribution in [-0.4, -0.2) is 22.9 Å². The summed E-state index contributed by atoms with van der Waals surface area (Å²) in [6, 6.07) is 5.05. The van der Waals surface area contributed by atoms with Crippen LogP contribution in [0.4, 0.5) is 10.1 Å². The molecule has 0 radical (unpaired) electrons. The third-order valence-corrected chi connectivity index (χ3v) is 3.99. The Hall–Kier alpha value is -1.88. The highest BCUT2D eigenvalue weighted by Gasteiger charge is 2.28. The molecule has 5 heteroatoms. The Bertz CT molecular complexity index is 635. The number of nitrogens with zero attached hydrogens (tertiary/aromatic N) is 3. The predicted molar refractivity (Wildman–Crippen MR) is 77.2 cm³/mol. The number of aryl methyl sites for hydroxylation is 2. The lowest BCUT2D eigenvalue weighted by Crippen LogP contribution is -2.32. The Kier molecular flexibility index (Phi) is 3.22. The second-order valence-electron chi connectivity index (χ2n) is 5.31. The van der Waals surface area contributed by atoms with Crippen molar-refractivity contribution in [1.29, 1.82) is 0 Å². The van der Waals surface area contributed by atoms with Crippen LogP contribution in [-0.2, 0) is 13.5 Å². The third-order valence-electron chi connectivity index (χ3n) is 3.99. The fourth-order valence-corrected chi connectivity index (χ4v) is 3.07. The van der Waals surface area contributed by atoms with E-state index in [1.807, 2.05) is 26.2 Å². The first-order valence-electron chi connectivity index (χ1n) is 6.85. The summed E-state index contributed by atoms with van der Waals surface area (Å²) in [6.45, 7) is 3.35. The molecule has 0 fully saturated rings. The van der Waals surface area contributed by atoms with Crippen LogP contribution in [0, 0.1) is 12.7 Å². The number of aromatic nitrogens is 2. The van der Waals surface area contributed by atoms with E-state index < -0.39 is 0 Å². The number of hydrogen-bond donors (Lipinski definition) is 1. The van der Waals surface area contributed by atoms with Crippen molar-refractivity contribution in [1.82, 2.24) is 9.78 Å². The van der Waals surface area contributed by atoms with Gasteiger partial charge in [-0.1, -0.05) is 6.07 Å². The first kappa shape index (κ1) is 13.1. The first-order valence-corrected chi connectivity index (χ1v) is 6.85. The molecule has 1 aliphatic rings. The standard InChI is InChI=1S/C15H19FN4/c1-10-13(9-19(2)18-10)15(8-17)20-6-5-11-3-4-12(16)7-14(11)20/h3-4,7,9,15H,5-6,8,17H2,1-2H3. The van der Waals surface area contributed by atoms with Crippen LogP contribution in [0.3, 0.4) is 0 Å². The highest BCUT2D eigenvalue weighted by molar-refractivity contribution is 5.60.